The van der Waals surface area contributed by atoms with Crippen LogP contribution in [-0.4, -0.2) is 35.9 Å². The number of carbonyl (C=O) groups excluding carboxylic acids is 1. The van der Waals surface area contributed by atoms with Gasteiger partial charge in [0.05, 0.1) is 23.2 Å². The molecule has 0 bridgehead atoms. The number of hydrogen-bond donors (Lipinski definition) is 4. The van der Waals surface area contributed by atoms with Crippen LogP contribution in [0.25, 0.3) is 0 Å². The summed E-state index contributed by atoms with van der Waals surface area (Å²) in [4.78, 5) is 14.4. The third-order valence-electron chi connectivity index (χ3n) is 4.50. The average Bonchev–Trinajstić information content (AvgIpc) is 2.94. The smallest absolute Gasteiger partial charge is 0.251 e. The number of aliphatic hydroxyl groups excluding tert-OH is 2. The molecule has 1 aliphatic rings. The maximum atomic E-state index is 12.4. The number of nitrogens with zero attached hydrogens (tertiary/aromatic N) is 1. The van der Waals surface area contributed by atoms with Crippen molar-refractivity contribution in [3.05, 3.63) is 72.0 Å². The summed E-state index contributed by atoms with van der Waals surface area (Å²) in [7, 11) is 1.90. The van der Waals surface area contributed by atoms with Crippen molar-refractivity contribution in [1.29, 1.82) is 0 Å². The van der Waals surface area contributed by atoms with Gasteiger partial charge in [0.1, 0.15) is 6.17 Å². The molecule has 2 unspecified atom stereocenters. The zero-order chi connectivity index (χ0) is 18.7. The SMILES string of the molecule is C=C(O)CC1Nc2ccc(C(=O)NCC(O)c3ccccc3)cc2N1C. The van der Waals surface area contributed by atoms with Crippen molar-refractivity contribution in [2.24, 2.45) is 0 Å². The van der Waals surface area contributed by atoms with Crippen LogP contribution in [-0.2, 0) is 0 Å². The molecule has 6 heteroatoms. The van der Waals surface area contributed by atoms with Gasteiger partial charge < -0.3 is 25.7 Å². The van der Waals surface area contributed by atoms with Crippen LogP contribution in [0, 0.1) is 0 Å². The minimum absolute atomic E-state index is 0.0966. The van der Waals surface area contributed by atoms with Crippen molar-refractivity contribution >= 4 is 17.3 Å². The molecule has 0 radical (unpaired) electrons. The lowest BCUT2D eigenvalue weighted by Crippen LogP contribution is -2.32. The Kier molecular flexibility index (Phi) is 5.14. The van der Waals surface area contributed by atoms with E-state index in [1.54, 1.807) is 12.1 Å². The predicted octanol–water partition coefficient (Wildman–Crippen LogP) is 2.80. The molecule has 0 saturated heterocycles. The zero-order valence-corrected chi connectivity index (χ0v) is 14.6. The molecule has 136 valence electrons. The van der Waals surface area contributed by atoms with Crippen molar-refractivity contribution in [2.75, 3.05) is 23.8 Å². The largest absolute Gasteiger partial charge is 0.513 e. The van der Waals surface area contributed by atoms with Crippen LogP contribution in [0.15, 0.2) is 60.9 Å². The van der Waals surface area contributed by atoms with Gasteiger partial charge in [-0.15, -0.1) is 0 Å². The highest BCUT2D eigenvalue weighted by molar-refractivity contribution is 5.97. The first-order chi connectivity index (χ1) is 12.5. The number of anilines is 2. The van der Waals surface area contributed by atoms with Gasteiger partial charge in [0.2, 0.25) is 0 Å². The van der Waals surface area contributed by atoms with Crippen LogP contribution in [0.5, 0.6) is 0 Å². The number of fused-ring (bicyclic) bond motifs is 1. The van der Waals surface area contributed by atoms with Crippen LogP contribution in [0.4, 0.5) is 11.4 Å². The van der Waals surface area contributed by atoms with Gasteiger partial charge in [-0.05, 0) is 23.8 Å². The van der Waals surface area contributed by atoms with Crippen molar-refractivity contribution < 1.29 is 15.0 Å². The van der Waals surface area contributed by atoms with E-state index in [1.807, 2.05) is 48.3 Å². The van der Waals surface area contributed by atoms with Gasteiger partial charge in [0.25, 0.3) is 5.91 Å². The molecule has 6 nitrogen and oxygen atoms in total. The summed E-state index contributed by atoms with van der Waals surface area (Å²) in [6.07, 6.45) is -0.449. The summed E-state index contributed by atoms with van der Waals surface area (Å²) in [6.45, 7) is 3.67. The van der Waals surface area contributed by atoms with E-state index in [4.69, 9.17) is 0 Å². The van der Waals surface area contributed by atoms with Gasteiger partial charge in [0, 0.05) is 25.6 Å². The van der Waals surface area contributed by atoms with Gasteiger partial charge in [-0.2, -0.15) is 0 Å². The molecule has 1 amide bonds. The third kappa shape index (κ3) is 3.81. The molecule has 0 aromatic heterocycles. The number of rotatable bonds is 6. The van der Waals surface area contributed by atoms with E-state index >= 15 is 0 Å². The minimum atomic E-state index is -0.751. The fourth-order valence-corrected chi connectivity index (χ4v) is 3.03. The Labute approximate surface area is 152 Å². The molecule has 0 fully saturated rings. The van der Waals surface area contributed by atoms with Crippen LogP contribution in [0.3, 0.4) is 0 Å². The van der Waals surface area contributed by atoms with E-state index in [9.17, 15) is 15.0 Å². The van der Waals surface area contributed by atoms with Gasteiger partial charge in [-0.25, -0.2) is 0 Å². The van der Waals surface area contributed by atoms with Crippen LogP contribution < -0.4 is 15.5 Å². The molecule has 1 heterocycles. The molecular formula is C20H23N3O3. The Morgan fingerprint density at radius 2 is 2.04 bits per heavy atom. The molecule has 26 heavy (non-hydrogen) atoms. The van der Waals surface area contributed by atoms with E-state index < -0.39 is 6.10 Å². The molecule has 0 spiro atoms. The summed E-state index contributed by atoms with van der Waals surface area (Å²) in [5.74, 6) is -0.138. The molecule has 4 N–H and O–H groups in total. The number of nitrogens with one attached hydrogen (secondary N) is 2. The second kappa shape index (κ2) is 7.49. The molecule has 2 aromatic rings. The van der Waals surface area contributed by atoms with Gasteiger partial charge in [0.15, 0.2) is 0 Å². The van der Waals surface area contributed by atoms with Crippen LogP contribution in [0.2, 0.25) is 0 Å². The lowest BCUT2D eigenvalue weighted by molar-refractivity contribution is 0.0916. The van der Waals surface area contributed by atoms with Crippen LogP contribution >= 0.6 is 0 Å². The summed E-state index contributed by atoms with van der Waals surface area (Å²) in [5.41, 5.74) is 3.06. The average molecular weight is 353 g/mol. The second-order valence-corrected chi connectivity index (χ2v) is 6.41. The maximum absolute atomic E-state index is 12.4. The van der Waals surface area contributed by atoms with Gasteiger partial charge in [-0.3, -0.25) is 4.79 Å². The lowest BCUT2D eigenvalue weighted by atomic mass is 10.1. The second-order valence-electron chi connectivity index (χ2n) is 6.41. The summed E-state index contributed by atoms with van der Waals surface area (Å²) in [6, 6.07) is 14.6. The maximum Gasteiger partial charge on any atom is 0.251 e. The first kappa shape index (κ1) is 17.8. The molecular weight excluding hydrogens is 330 g/mol. The lowest BCUT2D eigenvalue weighted by Gasteiger charge is -2.21. The number of carbonyl (C=O) groups is 1. The van der Waals surface area contributed by atoms with Crippen molar-refractivity contribution in [3.63, 3.8) is 0 Å². The van der Waals surface area contributed by atoms with E-state index in [1.165, 1.54) is 0 Å². The van der Waals surface area contributed by atoms with E-state index in [0.29, 0.717) is 12.0 Å². The van der Waals surface area contributed by atoms with E-state index in [0.717, 1.165) is 16.9 Å². The normalized spacial score (nSPS) is 16.5. The Morgan fingerprint density at radius 3 is 2.73 bits per heavy atom. The Morgan fingerprint density at radius 1 is 1.31 bits per heavy atom. The summed E-state index contributed by atoms with van der Waals surface area (Å²) in [5, 5.41) is 25.6. The molecule has 2 aromatic carbocycles. The van der Waals surface area contributed by atoms with Crippen molar-refractivity contribution in [3.8, 4) is 0 Å². The van der Waals surface area contributed by atoms with E-state index in [2.05, 4.69) is 17.2 Å². The summed E-state index contributed by atoms with van der Waals surface area (Å²) < 4.78 is 0. The Bertz CT molecular complexity index is 807. The van der Waals surface area contributed by atoms with Crippen molar-refractivity contribution in [1.82, 2.24) is 5.32 Å². The van der Waals surface area contributed by atoms with Gasteiger partial charge in [-0.1, -0.05) is 36.9 Å². The highest BCUT2D eigenvalue weighted by Gasteiger charge is 2.27. The minimum Gasteiger partial charge on any atom is -0.513 e. The molecule has 2 atom stereocenters. The quantitative estimate of drug-likeness (QED) is 0.600. The van der Waals surface area contributed by atoms with Crippen LogP contribution in [0.1, 0.15) is 28.4 Å². The number of aliphatic hydroxyl groups is 2. The fourth-order valence-electron chi connectivity index (χ4n) is 3.03. The first-order valence-electron chi connectivity index (χ1n) is 8.47. The number of benzene rings is 2. The first-order valence-corrected chi connectivity index (χ1v) is 8.47. The molecule has 1 aliphatic heterocycles. The predicted molar refractivity (Wildman–Crippen MR) is 102 cm³/mol. The van der Waals surface area contributed by atoms with Gasteiger partial charge >= 0.3 is 0 Å². The highest BCUT2D eigenvalue weighted by Crippen LogP contribution is 2.35. The highest BCUT2D eigenvalue weighted by atomic mass is 16.3. The van der Waals surface area contributed by atoms with E-state index in [-0.39, 0.29) is 24.4 Å². The monoisotopic (exact) mass is 353 g/mol. The molecule has 0 aliphatic carbocycles. The molecule has 0 saturated carbocycles. The van der Waals surface area contributed by atoms with Crippen molar-refractivity contribution in [2.45, 2.75) is 18.7 Å². The number of hydrogen-bond acceptors (Lipinski definition) is 5. The third-order valence-corrected chi connectivity index (χ3v) is 4.50. The molecule has 3 rings (SSSR count). The Hall–Kier alpha value is -2.99. The summed E-state index contributed by atoms with van der Waals surface area (Å²) >= 11 is 0. The standard InChI is InChI=1S/C20H23N3O3/c1-13(24)10-19-22-16-9-8-15(11-17(16)23(19)2)20(26)21-12-18(25)14-6-4-3-5-7-14/h3-9,11,18-19,22,24-25H,1,10,12H2,2H3,(H,21,26). The fraction of sp³-hybridized carbons (Fsp3) is 0.250. The Balaban J connectivity index is 1.65. The topological polar surface area (TPSA) is 84.8 Å². The zero-order valence-electron chi connectivity index (χ0n) is 14.6. The number of amides is 1.